The van der Waals surface area contributed by atoms with Gasteiger partial charge < -0.3 is 19.9 Å². The van der Waals surface area contributed by atoms with Gasteiger partial charge in [-0.25, -0.2) is 4.79 Å². The normalized spacial score (nSPS) is 15.0. The maximum Gasteiger partial charge on any atom is 0.414 e. The fraction of sp³-hybridized carbons (Fsp3) is 0.421. The van der Waals surface area contributed by atoms with Crippen molar-refractivity contribution >= 4 is 58.0 Å². The molecule has 50 heavy (non-hydrogen) atoms. The number of nitrogens with one attached hydrogen (secondary N) is 2. The largest absolute Gasteiger partial charge is 0.507 e. The topological polar surface area (TPSA) is 134 Å². The average Bonchev–Trinajstić information content (AvgIpc) is 3.31. The van der Waals surface area contributed by atoms with Gasteiger partial charge in [-0.2, -0.15) is 0 Å². The fourth-order valence-electron chi connectivity index (χ4n) is 5.13. The van der Waals surface area contributed by atoms with Gasteiger partial charge in [0.15, 0.2) is 6.61 Å². The lowest BCUT2D eigenvalue weighted by Crippen LogP contribution is -2.34. The first-order valence-corrected chi connectivity index (χ1v) is 18.0. The zero-order valence-corrected chi connectivity index (χ0v) is 32.0. The highest BCUT2D eigenvalue weighted by Gasteiger charge is 2.32. The number of phenols is 1. The van der Waals surface area contributed by atoms with Gasteiger partial charge in [0.2, 0.25) is 5.91 Å². The fourth-order valence-corrected chi connectivity index (χ4v) is 6.92. The van der Waals surface area contributed by atoms with Crippen molar-refractivity contribution in [1.82, 2.24) is 5.32 Å². The first kappa shape index (κ1) is 38.6. The van der Waals surface area contributed by atoms with Crippen LogP contribution in [0.25, 0.3) is 0 Å². The van der Waals surface area contributed by atoms with Gasteiger partial charge >= 0.3 is 6.09 Å². The molecular formula is C38H47N3O7S2. The van der Waals surface area contributed by atoms with Crippen molar-refractivity contribution in [2.45, 2.75) is 100 Å². The van der Waals surface area contributed by atoms with E-state index in [4.69, 9.17) is 9.47 Å². The van der Waals surface area contributed by atoms with Crippen LogP contribution in [0.15, 0.2) is 64.4 Å². The van der Waals surface area contributed by atoms with Gasteiger partial charge in [0.05, 0.1) is 16.6 Å². The number of amides is 4. The van der Waals surface area contributed by atoms with Crippen molar-refractivity contribution in [2.24, 2.45) is 0 Å². The molecule has 3 N–H and O–H groups in total. The SMILES string of the molecule is CN(C(=O)OC(C)(C)C)c1cc(Sc2cc(C(C)(C)C)c(O)c(C(C)(C)C)c2)ccc1NC(=O)COc1ccc(CC2SC(=O)NC2=O)cc1. The minimum absolute atomic E-state index is 0.292. The molecule has 1 unspecified atom stereocenters. The van der Waals surface area contributed by atoms with Crippen LogP contribution in [0.2, 0.25) is 0 Å². The average molecular weight is 722 g/mol. The summed E-state index contributed by atoms with van der Waals surface area (Å²) in [6.45, 7) is 17.4. The molecule has 0 spiro atoms. The van der Waals surface area contributed by atoms with E-state index in [1.807, 2.05) is 24.3 Å². The molecule has 0 radical (unpaired) electrons. The molecule has 0 aliphatic carbocycles. The molecule has 0 saturated carbocycles. The number of phenolic OH excluding ortho intramolecular Hbond substituents is 1. The molecular weight excluding hydrogens is 675 g/mol. The first-order chi connectivity index (χ1) is 23.1. The second kappa shape index (κ2) is 15.0. The number of rotatable bonds is 9. The molecule has 4 rings (SSSR count). The van der Waals surface area contributed by atoms with E-state index in [0.29, 0.717) is 29.3 Å². The summed E-state index contributed by atoms with van der Waals surface area (Å²) in [4.78, 5) is 52.8. The lowest BCUT2D eigenvalue weighted by Gasteiger charge is -2.28. The number of hydrogen-bond acceptors (Lipinski definition) is 9. The number of anilines is 2. The predicted octanol–water partition coefficient (Wildman–Crippen LogP) is 8.42. The van der Waals surface area contributed by atoms with Gasteiger partial charge in [0.1, 0.15) is 17.1 Å². The first-order valence-electron chi connectivity index (χ1n) is 16.3. The maximum atomic E-state index is 13.2. The summed E-state index contributed by atoms with van der Waals surface area (Å²) in [5.41, 5.74) is 2.04. The number of nitrogens with zero attached hydrogens (tertiary/aromatic N) is 1. The van der Waals surface area contributed by atoms with E-state index in [1.165, 1.54) is 16.7 Å². The number of ether oxygens (including phenoxy) is 2. The number of hydrogen-bond donors (Lipinski definition) is 3. The van der Waals surface area contributed by atoms with Crippen molar-refractivity contribution in [3.63, 3.8) is 0 Å². The van der Waals surface area contributed by atoms with Gasteiger partial charge in [-0.3, -0.25) is 24.6 Å². The summed E-state index contributed by atoms with van der Waals surface area (Å²) >= 11 is 2.46. The Labute approximate surface area is 303 Å². The van der Waals surface area contributed by atoms with Gasteiger partial charge in [-0.05, 0) is 86.1 Å². The van der Waals surface area contributed by atoms with Gasteiger partial charge in [0, 0.05) is 28.0 Å². The number of aromatic hydroxyl groups is 1. The van der Waals surface area contributed by atoms with E-state index in [9.17, 15) is 24.3 Å². The van der Waals surface area contributed by atoms with Crippen molar-refractivity contribution in [1.29, 1.82) is 0 Å². The van der Waals surface area contributed by atoms with Crippen LogP contribution in [-0.4, -0.2) is 52.8 Å². The molecule has 1 aliphatic heterocycles. The third kappa shape index (κ3) is 10.2. The summed E-state index contributed by atoms with van der Waals surface area (Å²) in [6.07, 6.45) is -0.188. The summed E-state index contributed by atoms with van der Waals surface area (Å²) in [5, 5.41) is 15.5. The van der Waals surface area contributed by atoms with Crippen LogP contribution in [0.1, 0.15) is 79.0 Å². The third-order valence-electron chi connectivity index (χ3n) is 7.69. The van der Waals surface area contributed by atoms with Crippen LogP contribution in [0.5, 0.6) is 11.5 Å². The smallest absolute Gasteiger partial charge is 0.414 e. The molecule has 0 bridgehead atoms. The van der Waals surface area contributed by atoms with Crippen molar-refractivity contribution < 1.29 is 33.8 Å². The van der Waals surface area contributed by atoms with Crippen molar-refractivity contribution in [3.05, 3.63) is 71.3 Å². The Balaban J connectivity index is 1.55. The quantitative estimate of drug-likeness (QED) is 0.199. The maximum absolute atomic E-state index is 13.2. The number of carbonyl (C=O) groups is 4. The molecule has 1 aliphatic rings. The van der Waals surface area contributed by atoms with Crippen molar-refractivity contribution in [3.8, 4) is 11.5 Å². The molecule has 1 atom stereocenters. The van der Waals surface area contributed by atoms with Crippen molar-refractivity contribution in [2.75, 3.05) is 23.9 Å². The number of thioether (sulfide) groups is 1. The minimum Gasteiger partial charge on any atom is -0.507 e. The Morgan fingerprint density at radius 2 is 1.50 bits per heavy atom. The second-order valence-corrected chi connectivity index (χ2v) is 17.6. The van der Waals surface area contributed by atoms with E-state index in [1.54, 1.807) is 58.2 Å². The standard InChI is InChI=1S/C38H47N3O7S2/c1-36(2,3)26-18-25(19-27(32(26)43)37(4,5)6)49-24-15-16-28(29(20-24)41(10)35(46)48-38(7,8)9)39-31(42)21-47-23-13-11-22(12-14-23)17-30-33(44)40-34(45)50-30/h11-16,18-20,30,43H,17,21H2,1-10H3,(H,39,42)(H,40,44,45). The van der Waals surface area contributed by atoms with E-state index < -0.39 is 22.9 Å². The molecule has 3 aromatic carbocycles. The summed E-state index contributed by atoms with van der Waals surface area (Å²) in [6, 6.07) is 16.4. The van der Waals surface area contributed by atoms with Gasteiger partial charge in [0.25, 0.3) is 11.1 Å². The Hall–Kier alpha value is -4.16. The number of carbonyl (C=O) groups excluding carboxylic acids is 4. The lowest BCUT2D eigenvalue weighted by atomic mass is 9.79. The monoisotopic (exact) mass is 721 g/mol. The highest BCUT2D eigenvalue weighted by Crippen LogP contribution is 2.44. The van der Waals surface area contributed by atoms with Crippen LogP contribution in [-0.2, 0) is 31.6 Å². The molecule has 4 amide bonds. The summed E-state index contributed by atoms with van der Waals surface area (Å²) in [7, 11) is 1.59. The van der Waals surface area contributed by atoms with E-state index >= 15 is 0 Å². The van der Waals surface area contributed by atoms with E-state index in [0.717, 1.165) is 38.2 Å². The van der Waals surface area contributed by atoms with E-state index in [-0.39, 0.29) is 28.6 Å². The molecule has 12 heteroatoms. The van der Waals surface area contributed by atoms with Crippen LogP contribution in [0.3, 0.4) is 0 Å². The molecule has 1 fully saturated rings. The van der Waals surface area contributed by atoms with Gasteiger partial charge in [-0.15, -0.1) is 0 Å². The summed E-state index contributed by atoms with van der Waals surface area (Å²) in [5.74, 6) is 0.0179. The van der Waals surface area contributed by atoms with Crippen LogP contribution < -0.4 is 20.3 Å². The predicted molar refractivity (Wildman–Crippen MR) is 200 cm³/mol. The number of benzene rings is 3. The minimum atomic E-state index is -0.733. The second-order valence-electron chi connectivity index (χ2n) is 15.3. The molecule has 10 nitrogen and oxygen atoms in total. The molecule has 3 aromatic rings. The van der Waals surface area contributed by atoms with E-state index in [2.05, 4.69) is 52.2 Å². The van der Waals surface area contributed by atoms with Crippen LogP contribution >= 0.6 is 23.5 Å². The molecule has 0 aromatic heterocycles. The highest BCUT2D eigenvalue weighted by atomic mass is 32.2. The zero-order chi connectivity index (χ0) is 37.2. The van der Waals surface area contributed by atoms with Crippen LogP contribution in [0, 0.1) is 0 Å². The number of imide groups is 1. The Morgan fingerprint density at radius 1 is 0.900 bits per heavy atom. The van der Waals surface area contributed by atoms with Crippen LogP contribution in [0.4, 0.5) is 21.0 Å². The lowest BCUT2D eigenvalue weighted by molar-refractivity contribution is -0.119. The Kier molecular flexibility index (Phi) is 11.6. The molecule has 1 heterocycles. The summed E-state index contributed by atoms with van der Waals surface area (Å²) < 4.78 is 11.4. The zero-order valence-electron chi connectivity index (χ0n) is 30.3. The Bertz CT molecular complexity index is 1740. The van der Waals surface area contributed by atoms with Gasteiger partial charge in [-0.1, -0.05) is 77.2 Å². The Morgan fingerprint density at radius 3 is 2.02 bits per heavy atom. The highest BCUT2D eigenvalue weighted by molar-refractivity contribution is 8.15. The third-order valence-corrected chi connectivity index (χ3v) is 9.63. The molecule has 1 saturated heterocycles. The molecule has 268 valence electrons.